The number of allylic oxidation sites excluding steroid dienone is 12. The Hall–Kier alpha value is -3.15. The lowest BCUT2D eigenvalue weighted by atomic mass is 10.0. The van der Waals surface area contributed by atoms with Gasteiger partial charge in [0, 0.05) is 19.3 Å². The van der Waals surface area contributed by atoms with E-state index >= 15 is 0 Å². The highest BCUT2D eigenvalue weighted by molar-refractivity contribution is 5.71. The van der Waals surface area contributed by atoms with Crippen molar-refractivity contribution in [3.8, 4) is 0 Å². The van der Waals surface area contributed by atoms with E-state index in [-0.39, 0.29) is 31.1 Å². The molecule has 0 bridgehead atoms. The first-order chi connectivity index (χ1) is 34.5. The first kappa shape index (κ1) is 66.9. The van der Waals surface area contributed by atoms with Crippen LogP contribution in [0.5, 0.6) is 0 Å². The van der Waals surface area contributed by atoms with Crippen LogP contribution in [0.3, 0.4) is 0 Å². The topological polar surface area (TPSA) is 78.9 Å². The van der Waals surface area contributed by atoms with Crippen LogP contribution in [-0.2, 0) is 28.6 Å². The van der Waals surface area contributed by atoms with Gasteiger partial charge in [0.1, 0.15) is 13.2 Å². The lowest BCUT2D eigenvalue weighted by Gasteiger charge is -2.18. The molecule has 0 spiro atoms. The molecule has 0 saturated heterocycles. The molecule has 0 aromatic heterocycles. The number of hydrogen-bond acceptors (Lipinski definition) is 6. The van der Waals surface area contributed by atoms with Crippen molar-refractivity contribution in [2.75, 3.05) is 13.2 Å². The highest BCUT2D eigenvalue weighted by Crippen LogP contribution is 2.16. The Balaban J connectivity index is 4.37. The van der Waals surface area contributed by atoms with E-state index in [0.717, 1.165) is 96.3 Å². The van der Waals surface area contributed by atoms with Crippen molar-refractivity contribution in [3.63, 3.8) is 0 Å². The third kappa shape index (κ3) is 55.8. The molecule has 404 valence electrons. The van der Waals surface area contributed by atoms with Gasteiger partial charge >= 0.3 is 17.9 Å². The number of carbonyl (C=O) groups excluding carboxylic acids is 3. The second kappa shape index (κ2) is 58.4. The summed E-state index contributed by atoms with van der Waals surface area (Å²) in [4.78, 5) is 38.2. The van der Waals surface area contributed by atoms with Crippen LogP contribution in [0, 0.1) is 0 Å². The summed E-state index contributed by atoms with van der Waals surface area (Å²) in [5.74, 6) is -0.909. The molecule has 0 radical (unpaired) electrons. The van der Waals surface area contributed by atoms with E-state index in [4.69, 9.17) is 14.2 Å². The molecule has 0 saturated carbocycles. The smallest absolute Gasteiger partial charge is 0.306 e. The average molecular weight is 978 g/mol. The number of hydrogen-bond donors (Lipinski definition) is 0. The van der Waals surface area contributed by atoms with E-state index in [2.05, 4.69) is 93.7 Å². The van der Waals surface area contributed by atoms with E-state index < -0.39 is 6.10 Å². The van der Waals surface area contributed by atoms with Crippen LogP contribution >= 0.6 is 0 Å². The SMILES string of the molecule is CC/C=C\C/C=C\C/C=C\C/C=C\C/C=C\CCCCCC(=O)O[C@@H](COC(=O)CCCCCCCCCCCCCC)COC(=O)CCCCCCCCCCCCC/C=C\CCCCCCCC. The van der Waals surface area contributed by atoms with Gasteiger partial charge in [-0.3, -0.25) is 14.4 Å². The highest BCUT2D eigenvalue weighted by atomic mass is 16.6. The molecule has 0 aromatic carbocycles. The third-order valence-corrected chi connectivity index (χ3v) is 12.9. The number of esters is 3. The molecule has 6 heteroatoms. The van der Waals surface area contributed by atoms with Gasteiger partial charge < -0.3 is 14.2 Å². The van der Waals surface area contributed by atoms with Crippen molar-refractivity contribution in [2.24, 2.45) is 0 Å². The van der Waals surface area contributed by atoms with Gasteiger partial charge in [-0.15, -0.1) is 0 Å². The van der Waals surface area contributed by atoms with Crippen LogP contribution in [0.2, 0.25) is 0 Å². The van der Waals surface area contributed by atoms with Crippen molar-refractivity contribution in [2.45, 2.75) is 303 Å². The summed E-state index contributed by atoms with van der Waals surface area (Å²) in [7, 11) is 0. The zero-order valence-electron chi connectivity index (χ0n) is 46.3. The summed E-state index contributed by atoms with van der Waals surface area (Å²) in [6, 6.07) is 0. The van der Waals surface area contributed by atoms with Gasteiger partial charge in [-0.2, -0.15) is 0 Å². The van der Waals surface area contributed by atoms with Crippen molar-refractivity contribution >= 4 is 17.9 Å². The Morgan fingerprint density at radius 2 is 0.557 bits per heavy atom. The van der Waals surface area contributed by atoms with Crippen LogP contribution in [-0.4, -0.2) is 37.2 Å². The Labute approximate surface area is 433 Å². The lowest BCUT2D eigenvalue weighted by molar-refractivity contribution is -0.167. The van der Waals surface area contributed by atoms with Crippen LogP contribution in [0.4, 0.5) is 0 Å². The zero-order chi connectivity index (χ0) is 50.7. The minimum absolute atomic E-state index is 0.0864. The fourth-order valence-corrected chi connectivity index (χ4v) is 8.47. The maximum Gasteiger partial charge on any atom is 0.306 e. The molecule has 0 fully saturated rings. The van der Waals surface area contributed by atoms with Gasteiger partial charge in [0.15, 0.2) is 6.10 Å². The van der Waals surface area contributed by atoms with Gasteiger partial charge in [-0.25, -0.2) is 0 Å². The third-order valence-electron chi connectivity index (χ3n) is 12.9. The quantitative estimate of drug-likeness (QED) is 0.0261. The summed E-state index contributed by atoms with van der Waals surface area (Å²) >= 11 is 0. The molecule has 0 aliphatic carbocycles. The fourth-order valence-electron chi connectivity index (χ4n) is 8.47. The highest BCUT2D eigenvalue weighted by Gasteiger charge is 2.19. The number of rotatable bonds is 54. The molecule has 70 heavy (non-hydrogen) atoms. The van der Waals surface area contributed by atoms with Crippen LogP contribution < -0.4 is 0 Å². The van der Waals surface area contributed by atoms with Crippen molar-refractivity contribution in [1.82, 2.24) is 0 Å². The predicted molar refractivity (Wildman–Crippen MR) is 302 cm³/mol. The van der Waals surface area contributed by atoms with Gasteiger partial charge in [-0.05, 0) is 89.9 Å². The zero-order valence-corrected chi connectivity index (χ0v) is 46.3. The minimum Gasteiger partial charge on any atom is -0.462 e. The number of ether oxygens (including phenoxy) is 3. The fraction of sp³-hybridized carbons (Fsp3) is 0.766. The molecular formula is C64H112O6. The van der Waals surface area contributed by atoms with E-state index in [1.54, 1.807) is 0 Å². The standard InChI is InChI=1S/C64H112O6/c1-4-7-10-13-16-19-22-25-27-29-31-32-34-35-37-39-42-45-48-51-54-57-63(66)69-60-61(59-68-62(65)56-53-50-47-44-41-24-21-18-15-12-9-6-3)70-64(67)58-55-52-49-46-43-40-38-36-33-30-28-26-23-20-17-14-11-8-5-2/h8,11,17,20,25-28,33,36,40,43,61H,4-7,9-10,12-16,18-19,21-24,29-32,34-35,37-39,41-42,44-60H2,1-3H3/b11-8-,20-17-,27-25-,28-26-,36-33-,43-40-/t61-/m0/s1. The molecule has 0 aromatic rings. The Morgan fingerprint density at radius 3 is 0.900 bits per heavy atom. The molecule has 0 aliphatic heterocycles. The normalized spacial score (nSPS) is 12.6. The summed E-state index contributed by atoms with van der Waals surface area (Å²) in [6.45, 7) is 6.52. The largest absolute Gasteiger partial charge is 0.462 e. The van der Waals surface area contributed by atoms with Gasteiger partial charge in [-0.1, -0.05) is 261 Å². The number of carbonyl (C=O) groups is 3. The lowest BCUT2D eigenvalue weighted by Crippen LogP contribution is -2.30. The maximum atomic E-state index is 12.9. The van der Waals surface area contributed by atoms with Gasteiger partial charge in [0.05, 0.1) is 0 Å². The number of unbranched alkanes of at least 4 members (excludes halogenated alkanes) is 31. The van der Waals surface area contributed by atoms with Gasteiger partial charge in [0.2, 0.25) is 0 Å². The monoisotopic (exact) mass is 977 g/mol. The molecule has 0 rings (SSSR count). The molecule has 0 heterocycles. The van der Waals surface area contributed by atoms with Crippen molar-refractivity contribution in [1.29, 1.82) is 0 Å². The molecular weight excluding hydrogens is 865 g/mol. The van der Waals surface area contributed by atoms with E-state index in [0.29, 0.717) is 19.3 Å². The first-order valence-electron chi connectivity index (χ1n) is 29.9. The summed E-state index contributed by atoms with van der Waals surface area (Å²) in [5.41, 5.74) is 0. The Kier molecular flexibility index (Phi) is 55.8. The minimum atomic E-state index is -0.791. The van der Waals surface area contributed by atoms with Crippen LogP contribution in [0.1, 0.15) is 297 Å². The second-order valence-corrected chi connectivity index (χ2v) is 19.9. The molecule has 0 N–H and O–H groups in total. The van der Waals surface area contributed by atoms with Crippen molar-refractivity contribution in [3.05, 3.63) is 72.9 Å². The van der Waals surface area contributed by atoms with E-state index in [9.17, 15) is 14.4 Å². The van der Waals surface area contributed by atoms with Crippen LogP contribution in [0.25, 0.3) is 0 Å². The Morgan fingerprint density at radius 1 is 0.300 bits per heavy atom. The molecule has 0 unspecified atom stereocenters. The maximum absolute atomic E-state index is 12.9. The van der Waals surface area contributed by atoms with Crippen molar-refractivity contribution < 1.29 is 28.6 Å². The molecule has 0 aliphatic rings. The average Bonchev–Trinajstić information content (AvgIpc) is 3.36. The molecule has 6 nitrogen and oxygen atoms in total. The Bertz CT molecular complexity index is 1310. The van der Waals surface area contributed by atoms with E-state index in [1.807, 2.05) is 0 Å². The second-order valence-electron chi connectivity index (χ2n) is 19.9. The molecule has 0 amide bonds. The summed E-state index contributed by atoms with van der Waals surface area (Å²) in [5, 5.41) is 0. The summed E-state index contributed by atoms with van der Waals surface area (Å²) < 4.78 is 16.9. The first-order valence-corrected chi connectivity index (χ1v) is 29.9. The van der Waals surface area contributed by atoms with Crippen LogP contribution in [0.15, 0.2) is 72.9 Å². The van der Waals surface area contributed by atoms with E-state index in [1.165, 1.54) is 161 Å². The summed E-state index contributed by atoms with van der Waals surface area (Å²) in [6.07, 6.45) is 74.7. The molecule has 1 atom stereocenters. The van der Waals surface area contributed by atoms with Gasteiger partial charge in [0.25, 0.3) is 0 Å². The predicted octanol–water partition coefficient (Wildman–Crippen LogP) is 20.2.